The van der Waals surface area contributed by atoms with Gasteiger partial charge in [0.15, 0.2) is 0 Å². The van der Waals surface area contributed by atoms with E-state index in [1.54, 1.807) is 25.3 Å². The Kier molecular flexibility index (Phi) is 11.9. The second-order valence-electron chi connectivity index (χ2n) is 13.1. The maximum atomic E-state index is 15.2. The Morgan fingerprint density at radius 2 is 1.73 bits per heavy atom. The van der Waals surface area contributed by atoms with Crippen molar-refractivity contribution in [1.29, 1.82) is 0 Å². The standard InChI is InChI=1S/C31H42FN5O3Si.C2HF3O2/c1-9-37(17-20(3)38)18-21-10-11-23-26(15-21)36-30(39)28-24(12-13-33-29(28)35-23)34-25-16-27(19(2)14-22(25)32)40-41(7,8)31(4,5)6;3-2(4,5)1(6)7/h10-16,20,38H,9,17-18H2,1-8H3,(H,36,39)(H2,33,34,35);(H,6,7). The average Bonchev–Trinajstić information content (AvgIpc) is 3.09. The molecule has 3 aromatic rings. The smallest absolute Gasteiger partial charge is 0.490 e. The number of hydrogen-bond acceptors (Lipinski definition) is 8. The van der Waals surface area contributed by atoms with E-state index in [-0.39, 0.29) is 22.2 Å². The van der Waals surface area contributed by atoms with Gasteiger partial charge in [0.05, 0.1) is 28.9 Å². The highest BCUT2D eigenvalue weighted by atomic mass is 28.4. The number of amides is 1. The lowest BCUT2D eigenvalue weighted by Crippen LogP contribution is -2.44. The lowest BCUT2D eigenvalue weighted by molar-refractivity contribution is -0.192. The summed E-state index contributed by atoms with van der Waals surface area (Å²) in [6.07, 6.45) is -3.94. The van der Waals surface area contributed by atoms with E-state index in [1.807, 2.05) is 32.0 Å². The van der Waals surface area contributed by atoms with Crippen molar-refractivity contribution in [3.63, 3.8) is 0 Å². The molecule has 1 aromatic heterocycles. The fraction of sp³-hybridized carbons (Fsp3) is 0.424. The van der Waals surface area contributed by atoms with Crippen molar-refractivity contribution in [3.8, 4) is 5.75 Å². The Balaban J connectivity index is 0.000000804. The van der Waals surface area contributed by atoms with E-state index in [1.165, 1.54) is 6.07 Å². The molecule has 1 aliphatic heterocycles. The maximum Gasteiger partial charge on any atom is 0.490 e. The molecule has 0 fully saturated rings. The van der Waals surface area contributed by atoms with Crippen LogP contribution in [0.2, 0.25) is 18.1 Å². The van der Waals surface area contributed by atoms with Crippen LogP contribution < -0.4 is 20.4 Å². The molecule has 0 spiro atoms. The summed E-state index contributed by atoms with van der Waals surface area (Å²) in [5, 5.41) is 26.3. The zero-order valence-electron chi connectivity index (χ0n) is 28.3. The first-order valence-corrected chi connectivity index (χ1v) is 18.2. The van der Waals surface area contributed by atoms with E-state index in [4.69, 9.17) is 14.3 Å². The number of carboxylic acid groups (broad SMARTS) is 1. The van der Waals surface area contributed by atoms with Crippen LogP contribution in [0.5, 0.6) is 5.75 Å². The molecule has 48 heavy (non-hydrogen) atoms. The summed E-state index contributed by atoms with van der Waals surface area (Å²) < 4.78 is 53.4. The van der Waals surface area contributed by atoms with E-state index in [0.29, 0.717) is 47.3 Å². The van der Waals surface area contributed by atoms with Gasteiger partial charge in [-0.3, -0.25) is 9.69 Å². The summed E-state index contributed by atoms with van der Waals surface area (Å²) in [5.74, 6) is -2.57. The molecule has 1 unspecified atom stereocenters. The zero-order chi connectivity index (χ0) is 36.2. The number of carbonyl (C=O) groups excluding carboxylic acids is 1. The minimum absolute atomic E-state index is 0.0193. The quantitative estimate of drug-likeness (QED) is 0.112. The van der Waals surface area contributed by atoms with Crippen LogP contribution in [0.4, 0.5) is 46.1 Å². The third kappa shape index (κ3) is 9.67. The molecule has 0 saturated heterocycles. The molecular formula is C33H43F4N5O5Si. The van der Waals surface area contributed by atoms with Gasteiger partial charge in [0, 0.05) is 25.4 Å². The van der Waals surface area contributed by atoms with Crippen LogP contribution in [0.15, 0.2) is 42.6 Å². The van der Waals surface area contributed by atoms with E-state index < -0.39 is 32.4 Å². The number of anilines is 5. The Labute approximate surface area is 278 Å². The largest absolute Gasteiger partial charge is 0.543 e. The number of aromatic nitrogens is 1. The van der Waals surface area contributed by atoms with E-state index in [9.17, 15) is 23.1 Å². The van der Waals surface area contributed by atoms with Gasteiger partial charge in [0.25, 0.3) is 5.91 Å². The van der Waals surface area contributed by atoms with Gasteiger partial charge in [-0.25, -0.2) is 14.2 Å². The number of aliphatic hydroxyl groups is 1. The number of carboxylic acids is 1. The number of nitrogens with zero attached hydrogens (tertiary/aromatic N) is 2. The molecule has 2 heterocycles. The molecule has 1 atom stereocenters. The fourth-order valence-corrected chi connectivity index (χ4v) is 5.55. The predicted molar refractivity (Wildman–Crippen MR) is 180 cm³/mol. The molecule has 0 bridgehead atoms. The van der Waals surface area contributed by atoms with Crippen molar-refractivity contribution in [2.45, 2.75) is 78.5 Å². The number of rotatable bonds is 9. The normalized spacial score (nSPS) is 13.6. The summed E-state index contributed by atoms with van der Waals surface area (Å²) in [6, 6.07) is 10.6. The van der Waals surface area contributed by atoms with Crippen LogP contribution in [-0.2, 0) is 11.3 Å². The number of nitrogens with one attached hydrogen (secondary N) is 3. The second-order valence-corrected chi connectivity index (χ2v) is 17.8. The number of aryl methyl sites for hydroxylation is 1. The number of fused-ring (bicyclic) bond motifs is 2. The second kappa shape index (κ2) is 14.9. The number of alkyl halides is 3. The van der Waals surface area contributed by atoms with Crippen LogP contribution in [0, 0.1) is 12.7 Å². The van der Waals surface area contributed by atoms with E-state index >= 15 is 4.39 Å². The van der Waals surface area contributed by atoms with Gasteiger partial charge < -0.3 is 30.6 Å². The van der Waals surface area contributed by atoms with Crippen LogP contribution in [0.3, 0.4) is 0 Å². The van der Waals surface area contributed by atoms with Crippen LogP contribution in [-0.4, -0.2) is 65.7 Å². The van der Waals surface area contributed by atoms with Gasteiger partial charge in [0.1, 0.15) is 22.9 Å². The predicted octanol–water partition coefficient (Wildman–Crippen LogP) is 7.80. The van der Waals surface area contributed by atoms with Crippen LogP contribution in [0.25, 0.3) is 0 Å². The number of aliphatic carboxylic acids is 1. The SMILES string of the molecule is CCN(Cc1ccc2c(c1)NC(=O)c1c(Nc3cc(O[Si](C)(C)C(C)(C)C)c(C)cc3F)ccnc1N2)CC(C)O.O=C(O)C(F)(F)F. The molecule has 1 aliphatic rings. The van der Waals surface area contributed by atoms with Gasteiger partial charge >= 0.3 is 12.1 Å². The molecule has 2 aromatic carbocycles. The monoisotopic (exact) mass is 693 g/mol. The lowest BCUT2D eigenvalue weighted by Gasteiger charge is -2.37. The van der Waals surface area contributed by atoms with Gasteiger partial charge in [-0.1, -0.05) is 33.8 Å². The third-order valence-corrected chi connectivity index (χ3v) is 12.4. The molecule has 0 aliphatic carbocycles. The summed E-state index contributed by atoms with van der Waals surface area (Å²) in [5.41, 5.74) is 3.96. The highest BCUT2D eigenvalue weighted by Crippen LogP contribution is 2.40. The summed E-state index contributed by atoms with van der Waals surface area (Å²) in [4.78, 5) is 29.0. The first-order valence-electron chi connectivity index (χ1n) is 15.3. The highest BCUT2D eigenvalue weighted by Gasteiger charge is 2.40. The molecule has 15 heteroatoms. The minimum atomic E-state index is -5.08. The topological polar surface area (TPSA) is 136 Å². The van der Waals surface area contributed by atoms with Crippen molar-refractivity contribution in [2.24, 2.45) is 0 Å². The molecule has 262 valence electrons. The van der Waals surface area contributed by atoms with Crippen molar-refractivity contribution in [2.75, 3.05) is 29.0 Å². The molecule has 0 radical (unpaired) electrons. The third-order valence-electron chi connectivity index (χ3n) is 8.09. The number of benzene rings is 2. The van der Waals surface area contributed by atoms with Crippen LogP contribution >= 0.6 is 0 Å². The van der Waals surface area contributed by atoms with Crippen LogP contribution in [0.1, 0.15) is 56.1 Å². The first kappa shape index (κ1) is 38.2. The Morgan fingerprint density at radius 1 is 1.08 bits per heavy atom. The average molecular weight is 694 g/mol. The summed E-state index contributed by atoms with van der Waals surface area (Å²) >= 11 is 0. The molecule has 0 saturated carbocycles. The Hall–Kier alpha value is -4.21. The number of halogens is 4. The number of carbonyl (C=O) groups is 2. The minimum Gasteiger partial charge on any atom is -0.543 e. The zero-order valence-corrected chi connectivity index (χ0v) is 29.3. The van der Waals surface area contributed by atoms with E-state index in [0.717, 1.165) is 12.1 Å². The van der Waals surface area contributed by atoms with E-state index in [2.05, 4.69) is 59.7 Å². The maximum absolute atomic E-state index is 15.2. The van der Waals surface area contributed by atoms with Crippen molar-refractivity contribution in [1.82, 2.24) is 9.88 Å². The highest BCUT2D eigenvalue weighted by molar-refractivity contribution is 6.74. The summed E-state index contributed by atoms with van der Waals surface area (Å²) in [7, 11) is -2.16. The van der Waals surface area contributed by atoms with Gasteiger partial charge in [-0.15, -0.1) is 0 Å². The molecular weight excluding hydrogens is 650 g/mol. The van der Waals surface area contributed by atoms with Crippen molar-refractivity contribution in [3.05, 3.63) is 65.1 Å². The Bertz CT molecular complexity index is 1640. The molecule has 4 rings (SSSR count). The number of likely N-dealkylation sites (N-methyl/N-ethyl adjacent to an activating group) is 1. The number of hydrogen-bond donors (Lipinski definition) is 5. The van der Waals surface area contributed by atoms with Gasteiger partial charge in [0.2, 0.25) is 8.32 Å². The number of pyridine rings is 1. The number of aliphatic hydroxyl groups excluding tert-OH is 1. The van der Waals surface area contributed by atoms with Gasteiger partial charge in [-0.05, 0) is 73.9 Å². The molecule has 1 amide bonds. The van der Waals surface area contributed by atoms with Gasteiger partial charge in [-0.2, -0.15) is 13.2 Å². The lowest BCUT2D eigenvalue weighted by atomic mass is 10.1. The van der Waals surface area contributed by atoms with Crippen molar-refractivity contribution >= 4 is 48.8 Å². The fourth-order valence-electron chi connectivity index (χ4n) is 4.47. The Morgan fingerprint density at radius 3 is 2.29 bits per heavy atom. The van der Waals surface area contributed by atoms with Crippen molar-refractivity contribution < 1.29 is 41.8 Å². The molecule has 5 N–H and O–H groups in total. The molecule has 10 nitrogen and oxygen atoms in total. The summed E-state index contributed by atoms with van der Waals surface area (Å²) in [6.45, 7) is 18.4. The first-order chi connectivity index (χ1) is 22.1.